The number of anilines is 2. The summed E-state index contributed by atoms with van der Waals surface area (Å²) < 4.78 is 5.38. The second-order valence-corrected chi connectivity index (χ2v) is 5.93. The number of benzene rings is 1. The molecule has 24 heavy (non-hydrogen) atoms. The van der Waals surface area contributed by atoms with Gasteiger partial charge < -0.3 is 14.6 Å². The molecule has 0 bridgehead atoms. The Labute approximate surface area is 141 Å². The van der Waals surface area contributed by atoms with E-state index in [-0.39, 0.29) is 0 Å². The van der Waals surface area contributed by atoms with Gasteiger partial charge in [0.2, 0.25) is 5.95 Å². The fourth-order valence-corrected chi connectivity index (χ4v) is 2.93. The average molecular weight is 320 g/mol. The van der Waals surface area contributed by atoms with Crippen LogP contribution in [0.4, 0.5) is 11.8 Å². The molecule has 0 radical (unpaired) electrons. The number of hydrogen-bond donors (Lipinski definition) is 1. The third kappa shape index (κ3) is 3.25. The quantitative estimate of drug-likeness (QED) is 0.771. The molecule has 5 heteroatoms. The fraction of sp³-hybridized carbons (Fsp3) is 0.263. The van der Waals surface area contributed by atoms with Crippen molar-refractivity contribution in [3.63, 3.8) is 0 Å². The summed E-state index contributed by atoms with van der Waals surface area (Å²) in [5, 5.41) is 3.35. The average Bonchev–Trinajstić information content (AvgIpc) is 3.34. The molecule has 0 unspecified atom stereocenters. The molecule has 1 N–H and O–H groups in total. The maximum atomic E-state index is 5.38. The molecule has 0 atom stereocenters. The van der Waals surface area contributed by atoms with Crippen LogP contribution in [0.25, 0.3) is 11.3 Å². The van der Waals surface area contributed by atoms with Crippen LogP contribution in [-0.2, 0) is 6.54 Å². The predicted molar refractivity (Wildman–Crippen MR) is 94.9 cm³/mol. The van der Waals surface area contributed by atoms with Gasteiger partial charge in [0.25, 0.3) is 0 Å². The summed E-state index contributed by atoms with van der Waals surface area (Å²) >= 11 is 0. The molecule has 1 aliphatic heterocycles. The van der Waals surface area contributed by atoms with Crippen LogP contribution in [0.15, 0.2) is 59.2 Å². The Balaban J connectivity index is 1.65. The van der Waals surface area contributed by atoms with E-state index in [9.17, 15) is 0 Å². The first-order chi connectivity index (χ1) is 11.9. The second kappa shape index (κ2) is 6.74. The highest BCUT2D eigenvalue weighted by Gasteiger charge is 2.17. The monoisotopic (exact) mass is 320 g/mol. The second-order valence-electron chi connectivity index (χ2n) is 5.93. The van der Waals surface area contributed by atoms with Crippen molar-refractivity contribution in [2.24, 2.45) is 0 Å². The molecule has 4 rings (SSSR count). The number of aromatic nitrogens is 2. The van der Waals surface area contributed by atoms with Crippen molar-refractivity contribution in [2.75, 3.05) is 23.3 Å². The highest BCUT2D eigenvalue weighted by atomic mass is 16.3. The summed E-state index contributed by atoms with van der Waals surface area (Å²) in [5.41, 5.74) is 2.04. The summed E-state index contributed by atoms with van der Waals surface area (Å²) in [4.78, 5) is 11.7. The topological polar surface area (TPSA) is 54.2 Å². The van der Waals surface area contributed by atoms with Gasteiger partial charge >= 0.3 is 0 Å². The minimum Gasteiger partial charge on any atom is -0.467 e. The van der Waals surface area contributed by atoms with Crippen LogP contribution in [0, 0.1) is 0 Å². The lowest BCUT2D eigenvalue weighted by Gasteiger charge is -2.17. The van der Waals surface area contributed by atoms with Gasteiger partial charge in [-0.2, -0.15) is 4.98 Å². The molecule has 0 saturated carbocycles. The van der Waals surface area contributed by atoms with Crippen LogP contribution in [0.5, 0.6) is 0 Å². The third-order valence-electron chi connectivity index (χ3n) is 4.20. The van der Waals surface area contributed by atoms with E-state index in [2.05, 4.69) is 22.3 Å². The lowest BCUT2D eigenvalue weighted by molar-refractivity contribution is 0.518. The first kappa shape index (κ1) is 14.8. The summed E-state index contributed by atoms with van der Waals surface area (Å²) in [6.45, 7) is 2.66. The normalized spacial score (nSPS) is 14.1. The van der Waals surface area contributed by atoms with Gasteiger partial charge in [0.05, 0.1) is 18.5 Å². The van der Waals surface area contributed by atoms with Crippen LogP contribution in [-0.4, -0.2) is 23.1 Å². The van der Waals surface area contributed by atoms with Gasteiger partial charge in [-0.3, -0.25) is 0 Å². The molecule has 5 nitrogen and oxygen atoms in total. The SMILES string of the molecule is c1ccc(-c2cc(NCc3ccco3)nc(N3CCCC3)n2)cc1. The zero-order valence-corrected chi connectivity index (χ0v) is 13.5. The first-order valence-electron chi connectivity index (χ1n) is 8.34. The van der Waals surface area contributed by atoms with Gasteiger partial charge in [0.1, 0.15) is 11.6 Å². The van der Waals surface area contributed by atoms with E-state index in [1.165, 1.54) is 12.8 Å². The number of nitrogens with zero attached hydrogens (tertiary/aromatic N) is 3. The molecule has 0 spiro atoms. The standard InChI is InChI=1S/C19H20N4O/c1-2-7-15(8-3-1)17-13-18(20-14-16-9-6-12-24-16)22-19(21-17)23-10-4-5-11-23/h1-3,6-9,12-13H,4-5,10-11,14H2,(H,20,21,22). The molecule has 3 heterocycles. The molecule has 3 aromatic rings. The molecule has 2 aromatic heterocycles. The lowest BCUT2D eigenvalue weighted by Crippen LogP contribution is -2.21. The van der Waals surface area contributed by atoms with E-state index in [0.29, 0.717) is 6.54 Å². The summed E-state index contributed by atoms with van der Waals surface area (Å²) in [5.74, 6) is 2.51. The van der Waals surface area contributed by atoms with E-state index < -0.39 is 0 Å². The van der Waals surface area contributed by atoms with E-state index in [0.717, 1.165) is 41.9 Å². The third-order valence-corrected chi connectivity index (χ3v) is 4.20. The number of rotatable bonds is 5. The molecule has 122 valence electrons. The molecular weight excluding hydrogens is 300 g/mol. The van der Waals surface area contributed by atoms with Gasteiger partial charge in [-0.15, -0.1) is 0 Å². The highest BCUT2D eigenvalue weighted by Crippen LogP contribution is 2.25. The number of nitrogens with one attached hydrogen (secondary N) is 1. The smallest absolute Gasteiger partial charge is 0.227 e. The molecule has 1 fully saturated rings. The van der Waals surface area contributed by atoms with E-state index in [1.54, 1.807) is 6.26 Å². The van der Waals surface area contributed by atoms with Gasteiger partial charge in [0, 0.05) is 24.7 Å². The zero-order valence-electron chi connectivity index (χ0n) is 13.5. The van der Waals surface area contributed by atoms with Crippen LogP contribution < -0.4 is 10.2 Å². The van der Waals surface area contributed by atoms with Crippen molar-refractivity contribution in [2.45, 2.75) is 19.4 Å². The summed E-state index contributed by atoms with van der Waals surface area (Å²) in [6.07, 6.45) is 4.09. The Morgan fingerprint density at radius 2 is 1.83 bits per heavy atom. The fourth-order valence-electron chi connectivity index (χ4n) is 2.93. The maximum absolute atomic E-state index is 5.38. The van der Waals surface area contributed by atoms with Crippen molar-refractivity contribution in [1.82, 2.24) is 9.97 Å². The number of furan rings is 1. The van der Waals surface area contributed by atoms with Crippen molar-refractivity contribution in [3.8, 4) is 11.3 Å². The van der Waals surface area contributed by atoms with E-state index >= 15 is 0 Å². The van der Waals surface area contributed by atoms with Crippen LogP contribution in [0.3, 0.4) is 0 Å². The summed E-state index contributed by atoms with van der Waals surface area (Å²) in [7, 11) is 0. The number of hydrogen-bond acceptors (Lipinski definition) is 5. The van der Waals surface area contributed by atoms with Crippen molar-refractivity contribution in [3.05, 3.63) is 60.6 Å². The zero-order chi connectivity index (χ0) is 16.2. The van der Waals surface area contributed by atoms with Crippen molar-refractivity contribution in [1.29, 1.82) is 0 Å². The molecule has 0 amide bonds. The van der Waals surface area contributed by atoms with Gasteiger partial charge in [-0.25, -0.2) is 4.98 Å². The highest BCUT2D eigenvalue weighted by molar-refractivity contribution is 5.64. The van der Waals surface area contributed by atoms with Crippen LogP contribution in [0.2, 0.25) is 0 Å². The van der Waals surface area contributed by atoms with Crippen molar-refractivity contribution < 1.29 is 4.42 Å². The minimum absolute atomic E-state index is 0.609. The van der Waals surface area contributed by atoms with Gasteiger partial charge in [0.15, 0.2) is 0 Å². The molecule has 1 saturated heterocycles. The van der Waals surface area contributed by atoms with E-state index in [1.807, 2.05) is 36.4 Å². The Morgan fingerprint density at radius 3 is 2.58 bits per heavy atom. The maximum Gasteiger partial charge on any atom is 0.227 e. The molecule has 1 aliphatic rings. The van der Waals surface area contributed by atoms with Crippen molar-refractivity contribution >= 4 is 11.8 Å². The first-order valence-corrected chi connectivity index (χ1v) is 8.34. The van der Waals surface area contributed by atoms with Crippen LogP contribution >= 0.6 is 0 Å². The molecule has 1 aromatic carbocycles. The van der Waals surface area contributed by atoms with Gasteiger partial charge in [-0.05, 0) is 25.0 Å². The van der Waals surface area contributed by atoms with Crippen LogP contribution in [0.1, 0.15) is 18.6 Å². The molecular formula is C19H20N4O. The Hall–Kier alpha value is -2.82. The largest absolute Gasteiger partial charge is 0.467 e. The lowest BCUT2D eigenvalue weighted by atomic mass is 10.1. The Morgan fingerprint density at radius 1 is 1.00 bits per heavy atom. The Kier molecular flexibility index (Phi) is 4.14. The summed E-state index contributed by atoms with van der Waals surface area (Å²) in [6, 6.07) is 16.1. The predicted octanol–water partition coefficient (Wildman–Crippen LogP) is 3.95. The van der Waals surface area contributed by atoms with Gasteiger partial charge in [-0.1, -0.05) is 30.3 Å². The molecule has 0 aliphatic carbocycles. The minimum atomic E-state index is 0.609. The van der Waals surface area contributed by atoms with E-state index in [4.69, 9.17) is 14.4 Å². The Bertz CT molecular complexity index is 780.